The predicted molar refractivity (Wildman–Crippen MR) is 111 cm³/mol. The lowest BCUT2D eigenvalue weighted by Gasteiger charge is -2.14. The summed E-state index contributed by atoms with van der Waals surface area (Å²) in [6.07, 6.45) is 1.66. The van der Waals surface area contributed by atoms with Gasteiger partial charge in [-0.15, -0.1) is 0 Å². The van der Waals surface area contributed by atoms with Crippen LogP contribution in [0.5, 0.6) is 23.0 Å². The molecule has 0 aromatic heterocycles. The van der Waals surface area contributed by atoms with Crippen LogP contribution in [-0.4, -0.2) is 37.0 Å². The summed E-state index contributed by atoms with van der Waals surface area (Å²) >= 11 is 4.41. The van der Waals surface area contributed by atoms with Crippen LogP contribution in [0.1, 0.15) is 11.1 Å². The first-order chi connectivity index (χ1) is 14.0. The highest BCUT2D eigenvalue weighted by molar-refractivity contribution is 9.10. The van der Waals surface area contributed by atoms with E-state index in [2.05, 4.69) is 15.9 Å². The van der Waals surface area contributed by atoms with Crippen molar-refractivity contribution in [3.8, 4) is 23.0 Å². The fourth-order valence-corrected chi connectivity index (χ4v) is 4.25. The number of nitrogens with zero attached hydrogens (tertiary/aromatic N) is 1. The number of hydrogen-bond acceptors (Lipinski definition) is 7. The van der Waals surface area contributed by atoms with E-state index in [9.17, 15) is 9.59 Å². The van der Waals surface area contributed by atoms with E-state index in [1.165, 1.54) is 7.05 Å². The van der Waals surface area contributed by atoms with E-state index >= 15 is 0 Å². The molecule has 1 saturated heterocycles. The maximum absolute atomic E-state index is 12.1. The van der Waals surface area contributed by atoms with Crippen molar-refractivity contribution in [1.82, 2.24) is 4.90 Å². The lowest BCUT2D eigenvalue weighted by atomic mass is 10.1. The molecule has 2 aromatic carbocycles. The van der Waals surface area contributed by atoms with Crippen molar-refractivity contribution < 1.29 is 28.5 Å². The molecule has 2 heterocycles. The number of halogens is 1. The largest absolute Gasteiger partial charge is 0.493 e. The molecule has 9 heteroatoms. The summed E-state index contributed by atoms with van der Waals surface area (Å²) in [5, 5.41) is -0.295. The monoisotopic (exact) mass is 477 g/mol. The number of imide groups is 1. The Morgan fingerprint density at radius 3 is 2.72 bits per heavy atom. The van der Waals surface area contributed by atoms with Crippen molar-refractivity contribution in [1.29, 1.82) is 0 Å². The van der Waals surface area contributed by atoms with Gasteiger partial charge in [-0.1, -0.05) is 6.07 Å². The fourth-order valence-electron chi connectivity index (χ4n) is 2.85. The van der Waals surface area contributed by atoms with Crippen LogP contribution in [0.3, 0.4) is 0 Å². The Balaban J connectivity index is 1.55. The Hall–Kier alpha value is -2.65. The van der Waals surface area contributed by atoms with Crippen LogP contribution in [0.15, 0.2) is 39.7 Å². The molecule has 0 spiro atoms. The first kappa shape index (κ1) is 19.7. The number of carbonyl (C=O) groups excluding carboxylic acids is 2. The molecule has 7 nitrogen and oxygen atoms in total. The van der Waals surface area contributed by atoms with Gasteiger partial charge in [-0.3, -0.25) is 14.5 Å². The minimum Gasteiger partial charge on any atom is -0.493 e. The Morgan fingerprint density at radius 1 is 1.21 bits per heavy atom. The molecule has 29 heavy (non-hydrogen) atoms. The average molecular weight is 478 g/mol. The minimum absolute atomic E-state index is 0.220. The molecule has 0 unspecified atom stereocenters. The van der Waals surface area contributed by atoms with Crippen LogP contribution in [-0.2, 0) is 11.4 Å². The standard InChI is InChI=1S/C20H16BrNO6S/c1-22-19(23)17(29-20(22)24)8-12-5-13(21)18(16(7-12)25-2)26-9-11-3-4-14-15(6-11)28-10-27-14/h3-8H,9-10H2,1-2H3/b17-8-. The predicted octanol–water partition coefficient (Wildman–Crippen LogP) is 4.43. The van der Waals surface area contributed by atoms with Gasteiger partial charge in [0.15, 0.2) is 23.0 Å². The number of likely N-dealkylation sites (N-methyl/N-ethyl adjacent to an activating group) is 1. The number of amides is 2. The highest BCUT2D eigenvalue weighted by atomic mass is 79.9. The summed E-state index contributed by atoms with van der Waals surface area (Å²) in [6, 6.07) is 9.18. The van der Waals surface area contributed by atoms with Gasteiger partial charge >= 0.3 is 0 Å². The summed E-state index contributed by atoms with van der Waals surface area (Å²) in [4.78, 5) is 25.2. The van der Waals surface area contributed by atoms with Gasteiger partial charge in [0.1, 0.15) is 6.61 Å². The highest BCUT2D eigenvalue weighted by Gasteiger charge is 2.31. The van der Waals surface area contributed by atoms with Gasteiger partial charge in [-0.05, 0) is 69.2 Å². The topological polar surface area (TPSA) is 74.3 Å². The lowest BCUT2D eigenvalue weighted by Crippen LogP contribution is -2.22. The van der Waals surface area contributed by atoms with Crippen molar-refractivity contribution in [2.45, 2.75) is 6.61 Å². The van der Waals surface area contributed by atoms with Gasteiger partial charge in [0.2, 0.25) is 6.79 Å². The number of fused-ring (bicyclic) bond motifs is 1. The summed E-state index contributed by atoms with van der Waals surface area (Å²) in [5.74, 6) is 2.12. The third-order valence-electron chi connectivity index (χ3n) is 4.36. The first-order valence-electron chi connectivity index (χ1n) is 8.56. The van der Waals surface area contributed by atoms with Crippen LogP contribution < -0.4 is 18.9 Å². The Labute approximate surface area is 179 Å². The smallest absolute Gasteiger partial charge is 0.293 e. The summed E-state index contributed by atoms with van der Waals surface area (Å²) < 4.78 is 22.8. The molecular weight excluding hydrogens is 462 g/mol. The van der Waals surface area contributed by atoms with Crippen molar-refractivity contribution in [3.05, 3.63) is 50.8 Å². The van der Waals surface area contributed by atoms with Gasteiger partial charge in [0.05, 0.1) is 16.5 Å². The van der Waals surface area contributed by atoms with Crippen LogP contribution >= 0.6 is 27.7 Å². The van der Waals surface area contributed by atoms with Gasteiger partial charge < -0.3 is 18.9 Å². The van der Waals surface area contributed by atoms with Crippen LogP contribution in [0.25, 0.3) is 6.08 Å². The molecule has 2 aromatic rings. The SMILES string of the molecule is COc1cc(/C=C2\SC(=O)N(C)C2=O)cc(Br)c1OCc1ccc2c(c1)OCO2. The number of hydrogen-bond donors (Lipinski definition) is 0. The van der Waals surface area contributed by atoms with Crippen LogP contribution in [0.4, 0.5) is 4.79 Å². The van der Waals surface area contributed by atoms with Crippen molar-refractivity contribution in [3.63, 3.8) is 0 Å². The van der Waals surface area contributed by atoms with Crippen LogP contribution in [0.2, 0.25) is 0 Å². The van der Waals surface area contributed by atoms with Gasteiger partial charge in [-0.2, -0.15) is 0 Å². The lowest BCUT2D eigenvalue weighted by molar-refractivity contribution is -0.121. The molecule has 150 valence electrons. The zero-order valence-corrected chi connectivity index (χ0v) is 18.0. The van der Waals surface area contributed by atoms with E-state index in [-0.39, 0.29) is 17.9 Å². The van der Waals surface area contributed by atoms with Gasteiger partial charge in [0, 0.05) is 7.05 Å². The van der Waals surface area contributed by atoms with Crippen molar-refractivity contribution >= 4 is 44.9 Å². The zero-order chi connectivity index (χ0) is 20.5. The summed E-state index contributed by atoms with van der Waals surface area (Å²) in [7, 11) is 3.00. The zero-order valence-electron chi connectivity index (χ0n) is 15.6. The molecule has 4 rings (SSSR count). The Bertz CT molecular complexity index is 1040. The number of thioether (sulfide) groups is 1. The van der Waals surface area contributed by atoms with Gasteiger partial charge in [0.25, 0.3) is 11.1 Å². The minimum atomic E-state index is -0.321. The molecule has 0 saturated carbocycles. The third-order valence-corrected chi connectivity index (χ3v) is 5.91. The molecule has 2 aliphatic heterocycles. The van der Waals surface area contributed by atoms with Crippen molar-refractivity contribution in [2.24, 2.45) is 0 Å². The van der Waals surface area contributed by atoms with E-state index in [0.29, 0.717) is 44.5 Å². The molecule has 1 fully saturated rings. The normalized spacial score (nSPS) is 16.7. The average Bonchev–Trinajstić information content (AvgIpc) is 3.27. The molecule has 0 radical (unpaired) electrons. The molecule has 0 atom stereocenters. The first-order valence-corrected chi connectivity index (χ1v) is 10.2. The summed E-state index contributed by atoms with van der Waals surface area (Å²) in [5.41, 5.74) is 1.63. The van der Waals surface area contributed by atoms with E-state index < -0.39 is 0 Å². The van der Waals surface area contributed by atoms with Gasteiger partial charge in [-0.25, -0.2) is 0 Å². The number of rotatable bonds is 5. The third kappa shape index (κ3) is 3.92. The maximum Gasteiger partial charge on any atom is 0.293 e. The maximum atomic E-state index is 12.1. The molecule has 0 bridgehead atoms. The highest BCUT2D eigenvalue weighted by Crippen LogP contribution is 2.40. The van der Waals surface area contributed by atoms with E-state index in [1.807, 2.05) is 18.2 Å². The van der Waals surface area contributed by atoms with E-state index in [0.717, 1.165) is 22.2 Å². The summed E-state index contributed by atoms with van der Waals surface area (Å²) in [6.45, 7) is 0.526. The number of carbonyl (C=O) groups is 2. The second-order valence-electron chi connectivity index (χ2n) is 6.25. The molecule has 0 aliphatic carbocycles. The van der Waals surface area contributed by atoms with Crippen LogP contribution in [0, 0.1) is 0 Å². The quantitative estimate of drug-likeness (QED) is 0.589. The second kappa shape index (κ2) is 8.00. The number of methoxy groups -OCH3 is 1. The molecule has 2 aliphatic rings. The molecule has 2 amide bonds. The molecule has 0 N–H and O–H groups in total. The number of benzene rings is 2. The van der Waals surface area contributed by atoms with E-state index in [1.54, 1.807) is 25.3 Å². The Kier molecular flexibility index (Phi) is 5.42. The van der Waals surface area contributed by atoms with Crippen molar-refractivity contribution in [2.75, 3.05) is 21.0 Å². The van der Waals surface area contributed by atoms with E-state index in [4.69, 9.17) is 18.9 Å². The fraction of sp³-hybridized carbons (Fsp3) is 0.200. The second-order valence-corrected chi connectivity index (χ2v) is 8.10. The molecular formula is C20H16BrNO6S. The Morgan fingerprint density at radius 2 is 2.00 bits per heavy atom. The number of ether oxygens (including phenoxy) is 4.